The topological polar surface area (TPSA) is 66.5 Å². The Hall–Kier alpha value is -2.95. The molecule has 1 unspecified atom stereocenters. The first-order valence-corrected chi connectivity index (χ1v) is 8.85. The van der Waals surface area contributed by atoms with Gasteiger partial charge in [0.15, 0.2) is 0 Å². The van der Waals surface area contributed by atoms with Crippen molar-refractivity contribution in [3.8, 4) is 0 Å². The Labute approximate surface area is 154 Å². The summed E-state index contributed by atoms with van der Waals surface area (Å²) < 4.78 is 0. The maximum Gasteiger partial charge on any atom is 0.246 e. The molecule has 1 aliphatic heterocycles. The van der Waals surface area contributed by atoms with Gasteiger partial charge in [-0.2, -0.15) is 0 Å². The lowest BCUT2D eigenvalue weighted by Gasteiger charge is -2.23. The molecule has 1 aromatic rings. The third-order valence-electron chi connectivity index (χ3n) is 3.97. The number of benzene rings is 1. The number of allylic oxidation sites excluding steroid dienone is 4. The Morgan fingerprint density at radius 3 is 2.54 bits per heavy atom. The van der Waals surface area contributed by atoms with E-state index in [9.17, 15) is 14.4 Å². The molecule has 1 N–H and O–H groups in total. The molecule has 5 nitrogen and oxygen atoms in total. The molecule has 3 amide bonds. The van der Waals surface area contributed by atoms with Crippen LogP contribution in [0.2, 0.25) is 0 Å². The van der Waals surface area contributed by atoms with Gasteiger partial charge in [-0.25, -0.2) is 0 Å². The third-order valence-corrected chi connectivity index (χ3v) is 3.97. The highest BCUT2D eigenvalue weighted by Crippen LogP contribution is 2.22. The summed E-state index contributed by atoms with van der Waals surface area (Å²) >= 11 is 0. The number of nitrogens with one attached hydrogen (secondary N) is 1. The molecule has 0 saturated carbocycles. The van der Waals surface area contributed by atoms with Gasteiger partial charge >= 0.3 is 0 Å². The van der Waals surface area contributed by atoms with Crippen LogP contribution in [0.1, 0.15) is 31.7 Å². The van der Waals surface area contributed by atoms with Gasteiger partial charge in [0.1, 0.15) is 12.5 Å². The van der Waals surface area contributed by atoms with Crippen molar-refractivity contribution in [1.82, 2.24) is 10.2 Å². The predicted molar refractivity (Wildman–Crippen MR) is 101 cm³/mol. The van der Waals surface area contributed by atoms with E-state index in [1.165, 1.54) is 4.90 Å². The molecule has 5 heteroatoms. The van der Waals surface area contributed by atoms with Crippen molar-refractivity contribution < 1.29 is 14.4 Å². The number of carbonyl (C=O) groups is 3. The van der Waals surface area contributed by atoms with Crippen LogP contribution >= 0.6 is 0 Å². The van der Waals surface area contributed by atoms with Crippen LogP contribution in [0.15, 0.2) is 66.3 Å². The maximum atomic E-state index is 12.9. The summed E-state index contributed by atoms with van der Waals surface area (Å²) in [5.41, 5.74) is 1.51. The molecule has 3 rings (SSSR count). The Balaban J connectivity index is 0.00000117. The normalized spacial score (nSPS) is 19.8. The molecule has 26 heavy (non-hydrogen) atoms. The van der Waals surface area contributed by atoms with Gasteiger partial charge in [-0.3, -0.25) is 19.7 Å². The quantitative estimate of drug-likeness (QED) is 0.672. The van der Waals surface area contributed by atoms with E-state index in [1.807, 2.05) is 50.3 Å². The molecule has 2 aliphatic rings. The summed E-state index contributed by atoms with van der Waals surface area (Å²) in [4.78, 5) is 38.6. The van der Waals surface area contributed by atoms with Gasteiger partial charge in [-0.15, -0.1) is 0 Å². The average Bonchev–Trinajstić information content (AvgIpc) is 2.96. The van der Waals surface area contributed by atoms with Gasteiger partial charge in [0.05, 0.1) is 0 Å². The maximum absolute atomic E-state index is 12.9. The van der Waals surface area contributed by atoms with Crippen LogP contribution in [0.25, 0.3) is 0 Å². The van der Waals surface area contributed by atoms with Crippen molar-refractivity contribution in [1.29, 1.82) is 0 Å². The van der Waals surface area contributed by atoms with E-state index in [2.05, 4.69) is 5.32 Å². The highest BCUT2D eigenvalue weighted by atomic mass is 16.2. The van der Waals surface area contributed by atoms with Crippen molar-refractivity contribution >= 4 is 17.7 Å². The number of imide groups is 1. The first-order valence-electron chi connectivity index (χ1n) is 8.85. The van der Waals surface area contributed by atoms with Gasteiger partial charge in [0.25, 0.3) is 0 Å². The molecule has 0 bridgehead atoms. The number of nitrogens with zero attached hydrogens (tertiary/aromatic N) is 1. The highest BCUT2D eigenvalue weighted by Gasteiger charge is 2.37. The number of hydrogen-bond donors (Lipinski definition) is 1. The fourth-order valence-electron chi connectivity index (χ4n) is 2.82. The molecule has 1 atom stereocenters. The number of hydrogen-bond acceptors (Lipinski definition) is 3. The summed E-state index contributed by atoms with van der Waals surface area (Å²) in [5, 5.41) is 2.31. The smallest absolute Gasteiger partial charge is 0.246 e. The minimum absolute atomic E-state index is 0.122. The molecular weight excluding hydrogens is 328 g/mol. The Bertz CT molecular complexity index is 748. The van der Waals surface area contributed by atoms with E-state index in [0.29, 0.717) is 12.1 Å². The minimum Gasteiger partial charge on any atom is -0.328 e. The molecule has 136 valence electrons. The summed E-state index contributed by atoms with van der Waals surface area (Å²) in [6.07, 6.45) is 10.6. The predicted octanol–water partition coefficient (Wildman–Crippen LogP) is 2.72. The largest absolute Gasteiger partial charge is 0.328 e. The van der Waals surface area contributed by atoms with Crippen molar-refractivity contribution in [3.63, 3.8) is 0 Å². The van der Waals surface area contributed by atoms with Gasteiger partial charge in [0.2, 0.25) is 17.7 Å². The van der Waals surface area contributed by atoms with Crippen molar-refractivity contribution in [2.45, 2.75) is 26.2 Å². The average molecular weight is 352 g/mol. The lowest BCUT2D eigenvalue weighted by Crippen LogP contribution is -2.38. The van der Waals surface area contributed by atoms with Gasteiger partial charge in [-0.1, -0.05) is 74.6 Å². The molecule has 0 radical (unpaired) electrons. The third kappa shape index (κ3) is 4.79. The van der Waals surface area contributed by atoms with Crippen molar-refractivity contribution in [2.24, 2.45) is 0 Å². The number of carbonyl (C=O) groups excluding carboxylic acids is 3. The lowest BCUT2D eigenvalue weighted by atomic mass is 9.97. The van der Waals surface area contributed by atoms with Crippen LogP contribution in [-0.4, -0.2) is 35.7 Å². The monoisotopic (exact) mass is 352 g/mol. The fourth-order valence-corrected chi connectivity index (χ4v) is 2.82. The van der Waals surface area contributed by atoms with E-state index in [4.69, 9.17) is 0 Å². The van der Waals surface area contributed by atoms with Crippen LogP contribution in [0, 0.1) is 0 Å². The summed E-state index contributed by atoms with van der Waals surface area (Å²) in [6, 6.07) is 8.81. The van der Waals surface area contributed by atoms with Crippen LogP contribution in [0.3, 0.4) is 0 Å². The molecule has 0 aromatic heterocycles. The fraction of sp³-hybridized carbons (Fsp3) is 0.286. The van der Waals surface area contributed by atoms with E-state index in [1.54, 1.807) is 24.3 Å². The lowest BCUT2D eigenvalue weighted by molar-refractivity contribution is -0.136. The van der Waals surface area contributed by atoms with Gasteiger partial charge < -0.3 is 4.90 Å². The molecule has 0 spiro atoms. The summed E-state index contributed by atoms with van der Waals surface area (Å²) in [7, 11) is 0. The van der Waals surface area contributed by atoms with E-state index in [-0.39, 0.29) is 12.5 Å². The van der Waals surface area contributed by atoms with Crippen LogP contribution in [0.5, 0.6) is 0 Å². The Morgan fingerprint density at radius 2 is 1.81 bits per heavy atom. The Morgan fingerprint density at radius 1 is 1.08 bits per heavy atom. The van der Waals surface area contributed by atoms with Gasteiger partial charge in [0, 0.05) is 6.54 Å². The first-order chi connectivity index (χ1) is 12.6. The van der Waals surface area contributed by atoms with E-state index < -0.39 is 17.7 Å². The van der Waals surface area contributed by atoms with Crippen molar-refractivity contribution in [3.05, 3.63) is 71.8 Å². The molecule has 1 heterocycles. The zero-order chi connectivity index (χ0) is 18.9. The first kappa shape index (κ1) is 19.4. The molecule has 1 aliphatic carbocycles. The van der Waals surface area contributed by atoms with Crippen LogP contribution in [-0.2, 0) is 14.4 Å². The SMILES string of the molecule is CC.O=C1CN(CC2=CC=CCC=C2)C(=O)C(c2ccccc2)C(=O)N1. The molecule has 1 saturated heterocycles. The minimum atomic E-state index is -0.997. The summed E-state index contributed by atoms with van der Waals surface area (Å²) in [6.45, 7) is 4.17. The Kier molecular flexibility index (Phi) is 7.09. The second-order valence-corrected chi connectivity index (χ2v) is 5.76. The van der Waals surface area contributed by atoms with E-state index in [0.717, 1.165) is 12.0 Å². The molecule has 1 aromatic carbocycles. The number of rotatable bonds is 3. The van der Waals surface area contributed by atoms with Crippen LogP contribution < -0.4 is 5.32 Å². The number of amides is 3. The van der Waals surface area contributed by atoms with Crippen LogP contribution in [0.4, 0.5) is 0 Å². The standard InChI is InChI=1S/C19H18N2O3.C2H6/c22-16-13-21(12-14-8-4-1-2-5-9-14)19(24)17(18(23)20-16)15-10-6-3-7-11-15;1-2/h1,3-11,17H,2,12-13H2,(H,20,22,23);1-2H3. The second kappa shape index (κ2) is 9.51. The van der Waals surface area contributed by atoms with Gasteiger partial charge in [-0.05, 0) is 17.6 Å². The molecular formula is C21H24N2O3. The highest BCUT2D eigenvalue weighted by molar-refractivity contribution is 6.13. The van der Waals surface area contributed by atoms with Crippen molar-refractivity contribution in [2.75, 3.05) is 13.1 Å². The zero-order valence-corrected chi connectivity index (χ0v) is 15.1. The summed E-state index contributed by atoms with van der Waals surface area (Å²) in [5.74, 6) is -2.37. The molecule has 1 fully saturated rings. The van der Waals surface area contributed by atoms with E-state index >= 15 is 0 Å². The zero-order valence-electron chi connectivity index (χ0n) is 15.1. The second-order valence-electron chi connectivity index (χ2n) is 5.76.